The van der Waals surface area contributed by atoms with Crippen LogP contribution in [0.2, 0.25) is 0 Å². The second-order valence-corrected chi connectivity index (χ2v) is 5.22. The highest BCUT2D eigenvalue weighted by molar-refractivity contribution is 5.87. The number of hydrogen-bond donors (Lipinski definition) is 5. The zero-order chi connectivity index (χ0) is 16.3. The average Bonchev–Trinajstić information content (AvgIpc) is 2.45. The highest BCUT2D eigenvalue weighted by Gasteiger charge is 2.21. The summed E-state index contributed by atoms with van der Waals surface area (Å²) >= 11 is 0. The highest BCUT2D eigenvalue weighted by Crippen LogP contribution is 2.35. The summed E-state index contributed by atoms with van der Waals surface area (Å²) in [6.07, 6.45) is 0. The topological polar surface area (TPSA) is 116 Å². The molecule has 0 spiro atoms. The first-order chi connectivity index (χ1) is 10.5. The minimum absolute atomic E-state index is 0.0875. The molecule has 0 atom stereocenters. The Bertz CT molecular complexity index is 718. The van der Waals surface area contributed by atoms with E-state index in [4.69, 9.17) is 14.6 Å². The summed E-state index contributed by atoms with van der Waals surface area (Å²) in [5.74, 6) is -0.651. The number of aliphatic hydroxyl groups is 2. The predicted octanol–water partition coefficient (Wildman–Crippen LogP) is -1.12. The molecule has 2 rings (SSSR count). The fourth-order valence-corrected chi connectivity index (χ4v) is 2.52. The van der Waals surface area contributed by atoms with E-state index in [-0.39, 0.29) is 42.4 Å². The van der Waals surface area contributed by atoms with Crippen LogP contribution in [0.5, 0.6) is 11.5 Å². The Kier molecular flexibility index (Phi) is 5.02. The summed E-state index contributed by atoms with van der Waals surface area (Å²) < 4.78 is 5.20. The van der Waals surface area contributed by atoms with Crippen molar-refractivity contribution in [3.05, 3.63) is 33.7 Å². The average molecular weight is 310 g/mol. The maximum absolute atomic E-state index is 11.6. The lowest BCUT2D eigenvalue weighted by Gasteiger charge is -2.19. The standard InChI is InChI=1S/C15H19NO6/c1-9-6-13(20)22-15-10(9)7-12(19)14(21)11(15)8-16(2-4-17)3-5-18/h6-7,17-19,21H,2-5,8H2,1H3/p+1. The molecule has 0 bridgehead atoms. The number of phenolic OH excluding ortho intramolecular Hbond substituents is 2. The summed E-state index contributed by atoms with van der Waals surface area (Å²) in [4.78, 5) is 12.4. The fourth-order valence-electron chi connectivity index (χ4n) is 2.52. The zero-order valence-corrected chi connectivity index (χ0v) is 12.3. The van der Waals surface area contributed by atoms with Crippen LogP contribution in [0, 0.1) is 6.92 Å². The zero-order valence-electron chi connectivity index (χ0n) is 12.3. The van der Waals surface area contributed by atoms with E-state index in [1.165, 1.54) is 12.1 Å². The van der Waals surface area contributed by atoms with Gasteiger partial charge in [-0.3, -0.25) is 0 Å². The van der Waals surface area contributed by atoms with Gasteiger partial charge in [-0.1, -0.05) is 0 Å². The Hall–Kier alpha value is -2.09. The van der Waals surface area contributed by atoms with E-state index in [2.05, 4.69) is 0 Å². The number of nitrogens with one attached hydrogen (secondary N) is 1. The Balaban J connectivity index is 2.59. The lowest BCUT2D eigenvalue weighted by molar-refractivity contribution is -0.914. The second-order valence-electron chi connectivity index (χ2n) is 5.22. The van der Waals surface area contributed by atoms with E-state index in [1.54, 1.807) is 6.92 Å². The molecule has 7 heteroatoms. The number of aryl methyl sites for hydroxylation is 1. The van der Waals surface area contributed by atoms with Gasteiger partial charge in [0.15, 0.2) is 17.1 Å². The Morgan fingerprint density at radius 3 is 2.36 bits per heavy atom. The minimum Gasteiger partial charge on any atom is -0.504 e. The largest absolute Gasteiger partial charge is 0.504 e. The lowest BCUT2D eigenvalue weighted by atomic mass is 10.0. The normalized spacial score (nSPS) is 11.5. The van der Waals surface area contributed by atoms with Crippen molar-refractivity contribution in [2.45, 2.75) is 13.5 Å². The van der Waals surface area contributed by atoms with Gasteiger partial charge in [-0.15, -0.1) is 0 Å². The van der Waals surface area contributed by atoms with E-state index in [0.29, 0.717) is 24.0 Å². The summed E-state index contributed by atoms with van der Waals surface area (Å²) in [6, 6.07) is 2.67. The van der Waals surface area contributed by atoms with E-state index in [1.807, 2.05) is 0 Å². The van der Waals surface area contributed by atoms with Crippen LogP contribution >= 0.6 is 0 Å². The summed E-state index contributed by atoms with van der Waals surface area (Å²) in [5.41, 5.74) is 0.595. The molecule has 0 amide bonds. The van der Waals surface area contributed by atoms with Crippen LogP contribution < -0.4 is 10.5 Å². The molecule has 1 aromatic heterocycles. The van der Waals surface area contributed by atoms with Gasteiger partial charge in [0.1, 0.15) is 19.6 Å². The number of hydrogen-bond acceptors (Lipinski definition) is 6. The molecule has 0 aliphatic carbocycles. The van der Waals surface area contributed by atoms with Gasteiger partial charge in [0.05, 0.1) is 18.8 Å². The number of rotatable bonds is 6. The summed E-state index contributed by atoms with van der Waals surface area (Å²) in [5, 5.41) is 38.7. The van der Waals surface area contributed by atoms with Crippen LogP contribution in [-0.2, 0) is 6.54 Å². The van der Waals surface area contributed by atoms with Crippen molar-refractivity contribution in [3.63, 3.8) is 0 Å². The quantitative estimate of drug-likeness (QED) is 0.341. The molecule has 0 saturated heterocycles. The van der Waals surface area contributed by atoms with Gasteiger partial charge in [0.25, 0.3) is 0 Å². The van der Waals surface area contributed by atoms with Crippen molar-refractivity contribution in [1.82, 2.24) is 0 Å². The molecular weight excluding hydrogens is 290 g/mol. The first-order valence-electron chi connectivity index (χ1n) is 7.01. The predicted molar refractivity (Wildman–Crippen MR) is 79.1 cm³/mol. The van der Waals surface area contributed by atoms with Crippen molar-refractivity contribution >= 4 is 11.0 Å². The van der Waals surface area contributed by atoms with Gasteiger partial charge in [0, 0.05) is 11.5 Å². The van der Waals surface area contributed by atoms with Crippen LogP contribution in [0.25, 0.3) is 11.0 Å². The third-order valence-corrected chi connectivity index (χ3v) is 3.65. The van der Waals surface area contributed by atoms with Crippen molar-refractivity contribution < 1.29 is 29.7 Å². The number of fused-ring (bicyclic) bond motifs is 1. The number of phenols is 2. The van der Waals surface area contributed by atoms with Gasteiger partial charge in [-0.05, 0) is 18.6 Å². The summed E-state index contributed by atoms with van der Waals surface area (Å²) in [6.45, 7) is 2.45. The number of aliphatic hydroxyl groups excluding tert-OH is 2. The molecule has 0 unspecified atom stereocenters. The van der Waals surface area contributed by atoms with E-state index < -0.39 is 5.63 Å². The molecule has 5 N–H and O–H groups in total. The van der Waals surface area contributed by atoms with Crippen molar-refractivity contribution in [2.24, 2.45) is 0 Å². The van der Waals surface area contributed by atoms with Crippen LogP contribution in [0.3, 0.4) is 0 Å². The summed E-state index contributed by atoms with van der Waals surface area (Å²) in [7, 11) is 0. The minimum atomic E-state index is -0.540. The molecule has 120 valence electrons. The van der Waals surface area contributed by atoms with Crippen LogP contribution in [0.1, 0.15) is 11.1 Å². The SMILES string of the molecule is Cc1cc(=O)oc2c(C[NH+](CCO)CCO)c(O)c(O)cc12. The van der Waals surface area contributed by atoms with Crippen LogP contribution in [0.4, 0.5) is 0 Å². The number of benzene rings is 1. The smallest absolute Gasteiger partial charge is 0.336 e. The van der Waals surface area contributed by atoms with Gasteiger partial charge in [-0.2, -0.15) is 0 Å². The van der Waals surface area contributed by atoms with E-state index >= 15 is 0 Å². The third kappa shape index (κ3) is 3.22. The molecule has 0 aliphatic heterocycles. The van der Waals surface area contributed by atoms with Crippen LogP contribution in [0.15, 0.2) is 21.3 Å². The van der Waals surface area contributed by atoms with Crippen molar-refractivity contribution in [2.75, 3.05) is 26.3 Å². The van der Waals surface area contributed by atoms with Gasteiger partial charge >= 0.3 is 5.63 Å². The molecule has 0 aliphatic rings. The molecule has 1 heterocycles. The molecular formula is C15H20NO6+. The van der Waals surface area contributed by atoms with Crippen molar-refractivity contribution in [3.8, 4) is 11.5 Å². The van der Waals surface area contributed by atoms with E-state index in [9.17, 15) is 15.0 Å². The van der Waals surface area contributed by atoms with Crippen molar-refractivity contribution in [1.29, 1.82) is 0 Å². The fraction of sp³-hybridized carbons (Fsp3) is 0.400. The van der Waals surface area contributed by atoms with E-state index in [0.717, 1.165) is 4.90 Å². The maximum Gasteiger partial charge on any atom is 0.336 e. The monoisotopic (exact) mass is 310 g/mol. The molecule has 0 saturated carbocycles. The van der Waals surface area contributed by atoms with Gasteiger partial charge in [0.2, 0.25) is 0 Å². The second kappa shape index (κ2) is 6.78. The maximum atomic E-state index is 11.6. The molecule has 22 heavy (non-hydrogen) atoms. The molecule has 2 aromatic rings. The molecule has 0 radical (unpaired) electrons. The first-order valence-corrected chi connectivity index (χ1v) is 7.01. The highest BCUT2D eigenvalue weighted by atomic mass is 16.4. The third-order valence-electron chi connectivity index (χ3n) is 3.65. The Labute approximate surface area is 126 Å². The lowest BCUT2D eigenvalue weighted by Crippen LogP contribution is -3.11. The van der Waals surface area contributed by atoms with Gasteiger partial charge in [-0.25, -0.2) is 4.79 Å². The first kappa shape index (κ1) is 16.3. The van der Waals surface area contributed by atoms with Gasteiger partial charge < -0.3 is 29.7 Å². The molecule has 0 fully saturated rings. The molecule has 1 aromatic carbocycles. The molecule has 7 nitrogen and oxygen atoms in total. The Morgan fingerprint density at radius 2 is 1.77 bits per heavy atom. The number of quaternary nitrogens is 1. The van der Waals surface area contributed by atoms with Crippen LogP contribution in [-0.4, -0.2) is 46.7 Å². The number of aromatic hydroxyl groups is 2. The Morgan fingerprint density at radius 1 is 1.14 bits per heavy atom.